The van der Waals surface area contributed by atoms with Crippen molar-refractivity contribution in [3.8, 4) is 0 Å². The Hall–Kier alpha value is -0.910. The summed E-state index contributed by atoms with van der Waals surface area (Å²) in [5, 5.41) is 4.09. The van der Waals surface area contributed by atoms with E-state index in [1.807, 2.05) is 6.07 Å². The summed E-state index contributed by atoms with van der Waals surface area (Å²) < 4.78 is 10.2. The molecule has 18 heavy (non-hydrogen) atoms. The number of hydrogen-bond donors (Lipinski definition) is 1. The number of rotatable bonds is 5. The Morgan fingerprint density at radius 3 is 3.17 bits per heavy atom. The van der Waals surface area contributed by atoms with E-state index in [-0.39, 0.29) is 0 Å². The first kappa shape index (κ1) is 13.5. The summed E-state index contributed by atoms with van der Waals surface area (Å²) >= 11 is 0. The minimum absolute atomic E-state index is 0.460. The van der Waals surface area contributed by atoms with Crippen molar-refractivity contribution in [3.05, 3.63) is 17.5 Å². The summed E-state index contributed by atoms with van der Waals surface area (Å²) in [5.41, 5.74) is 6.85. The fraction of sp³-hybridized carbons (Fsp3) is 0.769. The van der Waals surface area contributed by atoms with Crippen molar-refractivity contribution < 1.29 is 9.26 Å². The Labute approximate surface area is 108 Å². The quantitative estimate of drug-likeness (QED) is 0.859. The third-order valence-corrected chi connectivity index (χ3v) is 3.73. The zero-order valence-corrected chi connectivity index (χ0v) is 11.3. The van der Waals surface area contributed by atoms with Crippen LogP contribution < -0.4 is 5.73 Å². The maximum absolute atomic E-state index is 5.89. The lowest BCUT2D eigenvalue weighted by molar-refractivity contribution is 0.0964. The molecule has 2 atom stereocenters. The second kappa shape index (κ2) is 6.31. The number of methoxy groups -OCH3 is 1. The molecule has 2 unspecified atom stereocenters. The Morgan fingerprint density at radius 1 is 1.61 bits per heavy atom. The van der Waals surface area contributed by atoms with Gasteiger partial charge in [-0.1, -0.05) is 12.1 Å². The van der Waals surface area contributed by atoms with Gasteiger partial charge >= 0.3 is 0 Å². The van der Waals surface area contributed by atoms with Crippen LogP contribution in [0, 0.1) is 5.92 Å². The number of ether oxygens (including phenoxy) is 1. The van der Waals surface area contributed by atoms with Crippen LogP contribution in [-0.4, -0.2) is 36.3 Å². The molecule has 5 heteroatoms. The van der Waals surface area contributed by atoms with Crippen LogP contribution in [0.4, 0.5) is 0 Å². The summed E-state index contributed by atoms with van der Waals surface area (Å²) in [7, 11) is 1.65. The summed E-state index contributed by atoms with van der Waals surface area (Å²) in [6.07, 6.45) is 2.51. The second-order valence-electron chi connectivity index (χ2n) is 5.11. The molecule has 102 valence electrons. The van der Waals surface area contributed by atoms with E-state index < -0.39 is 0 Å². The molecule has 0 spiro atoms. The summed E-state index contributed by atoms with van der Waals surface area (Å²) in [6, 6.07) is 2.43. The Morgan fingerprint density at radius 2 is 2.44 bits per heavy atom. The van der Waals surface area contributed by atoms with Gasteiger partial charge in [0.05, 0.1) is 5.69 Å². The van der Waals surface area contributed by atoms with E-state index in [0.29, 0.717) is 25.1 Å². The first-order chi connectivity index (χ1) is 8.74. The molecule has 1 aromatic heterocycles. The molecule has 0 radical (unpaired) electrons. The van der Waals surface area contributed by atoms with Gasteiger partial charge in [0.25, 0.3) is 0 Å². The predicted molar refractivity (Wildman–Crippen MR) is 68.9 cm³/mol. The SMILES string of the molecule is COCc1cc(CN2CCCC(C)C2CN)no1. The van der Waals surface area contributed by atoms with E-state index in [9.17, 15) is 0 Å². The van der Waals surface area contributed by atoms with Crippen LogP contribution >= 0.6 is 0 Å². The van der Waals surface area contributed by atoms with Crippen molar-refractivity contribution >= 4 is 0 Å². The lowest BCUT2D eigenvalue weighted by Gasteiger charge is -2.38. The summed E-state index contributed by atoms with van der Waals surface area (Å²) in [4.78, 5) is 2.42. The number of nitrogens with zero attached hydrogens (tertiary/aromatic N) is 2. The van der Waals surface area contributed by atoms with Crippen LogP contribution in [0.5, 0.6) is 0 Å². The Bertz CT molecular complexity index is 367. The smallest absolute Gasteiger partial charge is 0.162 e. The van der Waals surface area contributed by atoms with E-state index in [1.54, 1.807) is 7.11 Å². The zero-order valence-electron chi connectivity index (χ0n) is 11.3. The standard InChI is InChI=1S/C13H23N3O2/c1-10-4-3-5-16(13(10)7-14)8-11-6-12(9-17-2)18-15-11/h6,10,13H,3-5,7-9,14H2,1-2H3. The summed E-state index contributed by atoms with van der Waals surface area (Å²) in [6.45, 7) is 5.38. The van der Waals surface area contributed by atoms with Crippen molar-refractivity contribution in [2.45, 2.75) is 39.0 Å². The summed E-state index contributed by atoms with van der Waals surface area (Å²) in [5.74, 6) is 1.44. The highest BCUT2D eigenvalue weighted by molar-refractivity contribution is 5.05. The molecule has 2 heterocycles. The molecule has 0 aliphatic carbocycles. The first-order valence-electron chi connectivity index (χ1n) is 6.62. The molecular formula is C13H23N3O2. The van der Waals surface area contributed by atoms with Crippen molar-refractivity contribution in [2.24, 2.45) is 11.7 Å². The van der Waals surface area contributed by atoms with Crippen molar-refractivity contribution in [2.75, 3.05) is 20.2 Å². The first-order valence-corrected chi connectivity index (χ1v) is 6.62. The molecule has 5 nitrogen and oxygen atoms in total. The maximum Gasteiger partial charge on any atom is 0.162 e. The molecule has 0 aromatic carbocycles. The molecule has 1 aliphatic rings. The van der Waals surface area contributed by atoms with Crippen LogP contribution in [0.15, 0.2) is 10.6 Å². The van der Waals surface area contributed by atoms with Crippen LogP contribution in [0.1, 0.15) is 31.2 Å². The maximum atomic E-state index is 5.89. The fourth-order valence-electron chi connectivity index (χ4n) is 2.76. The predicted octanol–water partition coefficient (Wildman–Crippen LogP) is 1.38. The second-order valence-corrected chi connectivity index (χ2v) is 5.11. The van der Waals surface area contributed by atoms with Gasteiger partial charge < -0.3 is 15.0 Å². The Balaban J connectivity index is 1.97. The van der Waals surface area contributed by atoms with Crippen LogP contribution in [0.2, 0.25) is 0 Å². The average Bonchev–Trinajstić information content (AvgIpc) is 2.77. The van der Waals surface area contributed by atoms with E-state index in [0.717, 1.165) is 24.5 Å². The van der Waals surface area contributed by atoms with E-state index in [1.165, 1.54) is 12.8 Å². The minimum Gasteiger partial charge on any atom is -0.377 e. The van der Waals surface area contributed by atoms with Gasteiger partial charge in [-0.3, -0.25) is 4.90 Å². The van der Waals surface area contributed by atoms with Gasteiger partial charge in [0, 0.05) is 32.3 Å². The highest BCUT2D eigenvalue weighted by Gasteiger charge is 2.27. The molecule has 0 bridgehead atoms. The largest absolute Gasteiger partial charge is 0.377 e. The minimum atomic E-state index is 0.460. The number of likely N-dealkylation sites (tertiary alicyclic amines) is 1. The van der Waals surface area contributed by atoms with Gasteiger partial charge in [-0.2, -0.15) is 0 Å². The van der Waals surface area contributed by atoms with Gasteiger partial charge in [0.2, 0.25) is 0 Å². The van der Waals surface area contributed by atoms with E-state index in [4.69, 9.17) is 15.0 Å². The molecule has 2 N–H and O–H groups in total. The zero-order chi connectivity index (χ0) is 13.0. The van der Waals surface area contributed by atoms with Crippen molar-refractivity contribution in [1.82, 2.24) is 10.1 Å². The van der Waals surface area contributed by atoms with Gasteiger partial charge in [-0.25, -0.2) is 0 Å². The van der Waals surface area contributed by atoms with Gasteiger partial charge in [-0.15, -0.1) is 0 Å². The molecule has 0 amide bonds. The molecule has 1 saturated heterocycles. The molecule has 1 aromatic rings. The lowest BCUT2D eigenvalue weighted by atomic mass is 9.91. The van der Waals surface area contributed by atoms with Crippen molar-refractivity contribution in [3.63, 3.8) is 0 Å². The highest BCUT2D eigenvalue weighted by atomic mass is 16.5. The molecule has 1 aliphatic heterocycles. The van der Waals surface area contributed by atoms with E-state index in [2.05, 4.69) is 17.0 Å². The number of hydrogen-bond acceptors (Lipinski definition) is 5. The number of piperidine rings is 1. The number of aromatic nitrogens is 1. The Kier molecular flexibility index (Phi) is 4.74. The van der Waals surface area contributed by atoms with Crippen LogP contribution in [-0.2, 0) is 17.9 Å². The normalized spacial score (nSPS) is 25.5. The monoisotopic (exact) mass is 253 g/mol. The fourth-order valence-corrected chi connectivity index (χ4v) is 2.76. The van der Waals surface area contributed by atoms with E-state index >= 15 is 0 Å². The molecule has 2 rings (SSSR count). The lowest BCUT2D eigenvalue weighted by Crippen LogP contribution is -2.48. The highest BCUT2D eigenvalue weighted by Crippen LogP contribution is 2.24. The van der Waals surface area contributed by atoms with Crippen molar-refractivity contribution in [1.29, 1.82) is 0 Å². The molecule has 0 saturated carbocycles. The third-order valence-electron chi connectivity index (χ3n) is 3.73. The van der Waals surface area contributed by atoms with Crippen LogP contribution in [0.25, 0.3) is 0 Å². The van der Waals surface area contributed by atoms with Crippen LogP contribution in [0.3, 0.4) is 0 Å². The molecular weight excluding hydrogens is 230 g/mol. The van der Waals surface area contributed by atoms with Gasteiger partial charge in [0.15, 0.2) is 5.76 Å². The third kappa shape index (κ3) is 3.10. The average molecular weight is 253 g/mol. The van der Waals surface area contributed by atoms with Gasteiger partial charge in [-0.05, 0) is 25.3 Å². The number of nitrogens with two attached hydrogens (primary N) is 1. The topological polar surface area (TPSA) is 64.5 Å². The molecule has 1 fully saturated rings. The van der Waals surface area contributed by atoms with Gasteiger partial charge in [0.1, 0.15) is 6.61 Å².